The molecule has 0 atom stereocenters. The molecule has 0 spiro atoms. The summed E-state index contributed by atoms with van der Waals surface area (Å²) in [5.74, 6) is -0.198. The van der Waals surface area contributed by atoms with E-state index in [0.29, 0.717) is 18.8 Å². The zero-order valence-electron chi connectivity index (χ0n) is 8.28. The molecule has 0 bridgehead atoms. The highest BCUT2D eigenvalue weighted by molar-refractivity contribution is 5.47. The minimum absolute atomic E-state index is 0.198. The lowest BCUT2D eigenvalue weighted by Gasteiger charge is -2.17. The zero-order valence-corrected chi connectivity index (χ0v) is 8.28. The summed E-state index contributed by atoms with van der Waals surface area (Å²) in [7, 11) is 1.85. The van der Waals surface area contributed by atoms with E-state index >= 15 is 0 Å². The lowest BCUT2D eigenvalue weighted by Crippen LogP contribution is -2.18. The summed E-state index contributed by atoms with van der Waals surface area (Å²) in [5, 5.41) is 0. The Kier molecular flexibility index (Phi) is 4.13. The van der Waals surface area contributed by atoms with Crippen LogP contribution >= 0.6 is 0 Å². The number of hydrogen-bond acceptors (Lipinski definition) is 2. The summed E-state index contributed by atoms with van der Waals surface area (Å²) in [4.78, 5) is 1.83. The van der Waals surface area contributed by atoms with Crippen LogP contribution in [0.15, 0.2) is 36.4 Å². The Hall–Kier alpha value is -1.35. The summed E-state index contributed by atoms with van der Waals surface area (Å²) in [5.41, 5.74) is 5.91. The fourth-order valence-electron chi connectivity index (χ4n) is 1.19. The van der Waals surface area contributed by atoms with Gasteiger partial charge in [-0.25, -0.2) is 4.39 Å². The van der Waals surface area contributed by atoms with Gasteiger partial charge in [0.15, 0.2) is 0 Å². The Bertz CT molecular complexity index is 310. The smallest absolute Gasteiger partial charge is 0.146 e. The van der Waals surface area contributed by atoms with E-state index in [2.05, 4.69) is 0 Å². The van der Waals surface area contributed by atoms with Crippen LogP contribution < -0.4 is 10.6 Å². The standard InChI is InChI=1S/C11H15FN2/c1-14(9-5-4-8-13)11-7-3-2-6-10(11)12/h2-7H,8-9,13H2,1H3. The first-order chi connectivity index (χ1) is 6.75. The predicted octanol–water partition coefficient (Wildman–Crippen LogP) is 1.78. The van der Waals surface area contributed by atoms with E-state index in [4.69, 9.17) is 5.73 Å². The normalized spacial score (nSPS) is 10.8. The van der Waals surface area contributed by atoms with E-state index < -0.39 is 0 Å². The molecule has 0 aliphatic rings. The van der Waals surface area contributed by atoms with Gasteiger partial charge < -0.3 is 10.6 Å². The van der Waals surface area contributed by atoms with Crippen molar-refractivity contribution in [2.75, 3.05) is 25.0 Å². The van der Waals surface area contributed by atoms with Crippen molar-refractivity contribution in [2.24, 2.45) is 5.73 Å². The molecule has 14 heavy (non-hydrogen) atoms. The first-order valence-corrected chi connectivity index (χ1v) is 4.56. The van der Waals surface area contributed by atoms with Crippen molar-refractivity contribution in [3.8, 4) is 0 Å². The summed E-state index contributed by atoms with van der Waals surface area (Å²) >= 11 is 0. The SMILES string of the molecule is CN(CC=CCN)c1ccccc1F. The van der Waals surface area contributed by atoms with E-state index in [0.717, 1.165) is 0 Å². The van der Waals surface area contributed by atoms with Crippen LogP contribution in [0, 0.1) is 5.82 Å². The molecule has 76 valence electrons. The Balaban J connectivity index is 2.65. The van der Waals surface area contributed by atoms with E-state index in [1.54, 1.807) is 12.1 Å². The molecular formula is C11H15FN2. The average Bonchev–Trinajstić information content (AvgIpc) is 2.18. The van der Waals surface area contributed by atoms with Crippen LogP contribution in [0.25, 0.3) is 0 Å². The summed E-state index contributed by atoms with van der Waals surface area (Å²) < 4.78 is 13.3. The van der Waals surface area contributed by atoms with E-state index in [1.807, 2.05) is 30.2 Å². The second-order valence-corrected chi connectivity index (χ2v) is 3.04. The van der Waals surface area contributed by atoms with Crippen LogP contribution in [0.2, 0.25) is 0 Å². The van der Waals surface area contributed by atoms with Gasteiger partial charge in [0.25, 0.3) is 0 Å². The molecule has 0 aromatic heterocycles. The van der Waals surface area contributed by atoms with E-state index in [9.17, 15) is 4.39 Å². The van der Waals surface area contributed by atoms with Gasteiger partial charge in [-0.05, 0) is 12.1 Å². The molecule has 0 unspecified atom stereocenters. The number of hydrogen-bond donors (Lipinski definition) is 1. The molecule has 0 fully saturated rings. The molecule has 0 heterocycles. The highest BCUT2D eigenvalue weighted by atomic mass is 19.1. The van der Waals surface area contributed by atoms with Crippen LogP contribution in [-0.2, 0) is 0 Å². The maximum Gasteiger partial charge on any atom is 0.146 e. The molecule has 2 N–H and O–H groups in total. The molecule has 0 saturated carbocycles. The van der Waals surface area contributed by atoms with Crippen LogP contribution in [0.4, 0.5) is 10.1 Å². The van der Waals surface area contributed by atoms with Crippen molar-refractivity contribution >= 4 is 5.69 Å². The Labute approximate surface area is 83.8 Å². The Morgan fingerprint density at radius 3 is 2.71 bits per heavy atom. The van der Waals surface area contributed by atoms with Crippen LogP contribution in [0.1, 0.15) is 0 Å². The van der Waals surface area contributed by atoms with Gasteiger partial charge >= 0.3 is 0 Å². The van der Waals surface area contributed by atoms with Crippen LogP contribution in [0.3, 0.4) is 0 Å². The molecule has 0 aliphatic carbocycles. The predicted molar refractivity (Wildman–Crippen MR) is 57.9 cm³/mol. The molecule has 1 aromatic carbocycles. The lowest BCUT2D eigenvalue weighted by atomic mass is 10.3. The fraction of sp³-hybridized carbons (Fsp3) is 0.273. The number of nitrogens with two attached hydrogens (primary N) is 1. The molecule has 0 radical (unpaired) electrons. The minimum atomic E-state index is -0.198. The van der Waals surface area contributed by atoms with Crippen molar-refractivity contribution in [3.63, 3.8) is 0 Å². The second kappa shape index (κ2) is 5.40. The van der Waals surface area contributed by atoms with Gasteiger partial charge in [-0.2, -0.15) is 0 Å². The van der Waals surface area contributed by atoms with Gasteiger partial charge in [0.05, 0.1) is 5.69 Å². The van der Waals surface area contributed by atoms with Gasteiger partial charge in [0.2, 0.25) is 0 Å². The Morgan fingerprint density at radius 1 is 1.36 bits per heavy atom. The number of halogens is 1. The highest BCUT2D eigenvalue weighted by Gasteiger charge is 2.03. The van der Waals surface area contributed by atoms with Crippen molar-refractivity contribution in [1.82, 2.24) is 0 Å². The van der Waals surface area contributed by atoms with E-state index in [-0.39, 0.29) is 5.82 Å². The number of likely N-dealkylation sites (N-methyl/N-ethyl adjacent to an activating group) is 1. The van der Waals surface area contributed by atoms with Crippen molar-refractivity contribution in [2.45, 2.75) is 0 Å². The number of benzene rings is 1. The topological polar surface area (TPSA) is 29.3 Å². The van der Waals surface area contributed by atoms with Crippen molar-refractivity contribution < 1.29 is 4.39 Å². The molecule has 0 saturated heterocycles. The monoisotopic (exact) mass is 194 g/mol. The second-order valence-electron chi connectivity index (χ2n) is 3.04. The summed E-state index contributed by atoms with van der Waals surface area (Å²) in [6, 6.07) is 6.72. The minimum Gasteiger partial charge on any atom is -0.369 e. The third kappa shape index (κ3) is 2.85. The van der Waals surface area contributed by atoms with Crippen molar-refractivity contribution in [1.29, 1.82) is 0 Å². The average molecular weight is 194 g/mol. The number of anilines is 1. The highest BCUT2D eigenvalue weighted by Crippen LogP contribution is 2.16. The fourth-order valence-corrected chi connectivity index (χ4v) is 1.19. The van der Waals surface area contributed by atoms with Crippen LogP contribution in [0.5, 0.6) is 0 Å². The van der Waals surface area contributed by atoms with E-state index in [1.165, 1.54) is 6.07 Å². The zero-order chi connectivity index (χ0) is 10.4. The molecular weight excluding hydrogens is 179 g/mol. The lowest BCUT2D eigenvalue weighted by molar-refractivity contribution is 0.624. The van der Waals surface area contributed by atoms with Gasteiger partial charge in [0, 0.05) is 20.1 Å². The van der Waals surface area contributed by atoms with Gasteiger partial charge in [-0.15, -0.1) is 0 Å². The third-order valence-electron chi connectivity index (χ3n) is 1.95. The summed E-state index contributed by atoms with van der Waals surface area (Å²) in [6.07, 6.45) is 3.78. The molecule has 0 aliphatic heterocycles. The number of rotatable bonds is 4. The van der Waals surface area contributed by atoms with Crippen LogP contribution in [-0.4, -0.2) is 20.1 Å². The first-order valence-electron chi connectivity index (χ1n) is 4.56. The maximum atomic E-state index is 13.3. The maximum absolute atomic E-state index is 13.3. The van der Waals surface area contributed by atoms with Crippen molar-refractivity contribution in [3.05, 3.63) is 42.2 Å². The molecule has 1 rings (SSSR count). The third-order valence-corrected chi connectivity index (χ3v) is 1.95. The number of nitrogens with zero attached hydrogens (tertiary/aromatic N) is 1. The van der Waals surface area contributed by atoms with Gasteiger partial charge in [-0.3, -0.25) is 0 Å². The molecule has 3 heteroatoms. The molecule has 0 amide bonds. The molecule has 1 aromatic rings. The van der Waals surface area contributed by atoms with Gasteiger partial charge in [0.1, 0.15) is 5.82 Å². The first kappa shape index (κ1) is 10.7. The molecule has 2 nitrogen and oxygen atoms in total. The van der Waals surface area contributed by atoms with Gasteiger partial charge in [-0.1, -0.05) is 24.3 Å². The summed E-state index contributed by atoms with van der Waals surface area (Å²) in [6.45, 7) is 1.18. The number of para-hydroxylation sites is 1. The largest absolute Gasteiger partial charge is 0.369 e. The quantitative estimate of drug-likeness (QED) is 0.740. The Morgan fingerprint density at radius 2 is 2.07 bits per heavy atom.